The molecule has 0 atom stereocenters. The number of anilines is 1. The maximum Gasteiger partial charge on any atom is 0.321 e. The number of aryl methyl sites for hydroxylation is 2. The fourth-order valence-corrected chi connectivity index (χ4v) is 5.92. The van der Waals surface area contributed by atoms with Crippen LogP contribution in [0, 0.1) is 0 Å². The molecule has 0 bridgehead atoms. The Balaban J connectivity index is 1.37. The molecule has 0 heterocycles. The third kappa shape index (κ3) is 6.54. The van der Waals surface area contributed by atoms with E-state index in [1.54, 1.807) is 4.90 Å². The number of carbonyl (C=O) groups excluding carboxylic acids is 1. The largest absolute Gasteiger partial charge is 0.507 e. The van der Waals surface area contributed by atoms with Crippen LogP contribution in [0.4, 0.5) is 10.5 Å². The summed E-state index contributed by atoms with van der Waals surface area (Å²) < 4.78 is 0. The Hall–Kier alpha value is -4.31. The van der Waals surface area contributed by atoms with Crippen LogP contribution in [0.3, 0.4) is 0 Å². The number of carbonyl (C=O) groups is 1. The molecule has 0 fully saturated rings. The summed E-state index contributed by atoms with van der Waals surface area (Å²) in [6, 6.07) is 31.2. The zero-order chi connectivity index (χ0) is 30.9. The zero-order valence-electron chi connectivity index (χ0n) is 26.6. The zero-order valence-corrected chi connectivity index (χ0v) is 26.6. The Morgan fingerprint density at radius 2 is 1.23 bits per heavy atom. The summed E-state index contributed by atoms with van der Waals surface area (Å²) in [4.78, 5) is 15.3. The Bertz CT molecular complexity index is 1700. The normalized spacial score (nSPS) is 12.1. The predicted molar refractivity (Wildman–Crippen MR) is 181 cm³/mol. The Morgan fingerprint density at radius 3 is 1.79 bits per heavy atom. The highest BCUT2D eigenvalue weighted by Crippen LogP contribution is 2.40. The number of nitrogens with one attached hydrogen (secondary N) is 1. The number of hydrogen-bond donors (Lipinski definition) is 2. The molecule has 5 rings (SSSR count). The Labute approximate surface area is 256 Å². The van der Waals surface area contributed by atoms with Crippen LogP contribution in [0.2, 0.25) is 0 Å². The van der Waals surface area contributed by atoms with Crippen LogP contribution in [0.25, 0.3) is 21.5 Å². The Morgan fingerprint density at radius 1 is 0.721 bits per heavy atom. The van der Waals surface area contributed by atoms with Gasteiger partial charge in [-0.1, -0.05) is 120 Å². The SMILES string of the molecule is CN(Cc1c2ccccc2cc2ccccc12)C(=O)Nc1ccccc1CCc1cc(C(C)(C)C)c(O)c(C(C)(C)C)c1. The maximum atomic E-state index is 13.5. The first-order chi connectivity index (χ1) is 20.3. The van der Waals surface area contributed by atoms with E-state index in [-0.39, 0.29) is 16.9 Å². The van der Waals surface area contributed by atoms with Crippen molar-refractivity contribution in [3.8, 4) is 5.75 Å². The monoisotopic (exact) mass is 572 g/mol. The predicted octanol–water partition coefficient (Wildman–Crippen LogP) is 9.74. The molecular weight excluding hydrogens is 528 g/mol. The van der Waals surface area contributed by atoms with Crippen LogP contribution >= 0.6 is 0 Å². The first-order valence-corrected chi connectivity index (χ1v) is 15.2. The quantitative estimate of drug-likeness (QED) is 0.199. The van der Waals surface area contributed by atoms with E-state index in [0.29, 0.717) is 12.3 Å². The van der Waals surface area contributed by atoms with Gasteiger partial charge in [0.2, 0.25) is 0 Å². The van der Waals surface area contributed by atoms with Crippen LogP contribution in [0.1, 0.15) is 69.4 Å². The lowest BCUT2D eigenvalue weighted by molar-refractivity contribution is 0.221. The van der Waals surface area contributed by atoms with Gasteiger partial charge in [0.25, 0.3) is 0 Å². The van der Waals surface area contributed by atoms with Crippen molar-refractivity contribution in [3.63, 3.8) is 0 Å². The molecule has 0 radical (unpaired) electrons. The summed E-state index contributed by atoms with van der Waals surface area (Å²) in [5.74, 6) is 0.401. The van der Waals surface area contributed by atoms with Gasteiger partial charge in [0.1, 0.15) is 5.75 Å². The number of nitrogens with zero attached hydrogens (tertiary/aromatic N) is 1. The van der Waals surface area contributed by atoms with E-state index >= 15 is 0 Å². The van der Waals surface area contributed by atoms with Gasteiger partial charge in [0, 0.05) is 19.3 Å². The first kappa shape index (κ1) is 30.2. The van der Waals surface area contributed by atoms with Crippen molar-refractivity contribution >= 4 is 33.3 Å². The lowest BCUT2D eigenvalue weighted by Gasteiger charge is -2.28. The van der Waals surface area contributed by atoms with Gasteiger partial charge >= 0.3 is 6.03 Å². The van der Waals surface area contributed by atoms with Gasteiger partial charge in [0.15, 0.2) is 0 Å². The average Bonchev–Trinajstić information content (AvgIpc) is 2.95. The molecule has 0 saturated heterocycles. The van der Waals surface area contributed by atoms with E-state index in [4.69, 9.17) is 0 Å². The van der Waals surface area contributed by atoms with Crippen molar-refractivity contribution in [3.05, 3.63) is 119 Å². The van der Waals surface area contributed by atoms with Crippen molar-refractivity contribution < 1.29 is 9.90 Å². The van der Waals surface area contributed by atoms with Gasteiger partial charge in [-0.25, -0.2) is 4.79 Å². The third-order valence-electron chi connectivity index (χ3n) is 8.35. The molecule has 2 amide bonds. The number of phenolic OH excluding ortho intramolecular Hbond substituents is 1. The summed E-state index contributed by atoms with van der Waals surface area (Å²) in [7, 11) is 1.85. The van der Waals surface area contributed by atoms with E-state index in [9.17, 15) is 9.90 Å². The van der Waals surface area contributed by atoms with E-state index in [1.807, 2.05) is 25.2 Å². The number of phenols is 1. The highest BCUT2D eigenvalue weighted by molar-refractivity contribution is 6.02. The van der Waals surface area contributed by atoms with Gasteiger partial charge in [-0.2, -0.15) is 0 Å². The molecule has 0 saturated carbocycles. The Kier molecular flexibility index (Phi) is 8.25. The number of para-hydroxylation sites is 1. The minimum atomic E-state index is -0.175. The fourth-order valence-electron chi connectivity index (χ4n) is 5.92. The second-order valence-corrected chi connectivity index (χ2v) is 13.8. The van der Waals surface area contributed by atoms with Crippen molar-refractivity contribution in [1.82, 2.24) is 4.90 Å². The molecule has 0 unspecified atom stereocenters. The number of benzene rings is 5. The molecule has 0 aliphatic rings. The molecule has 0 spiro atoms. The number of urea groups is 1. The second-order valence-electron chi connectivity index (χ2n) is 13.8. The molecule has 0 aromatic heterocycles. The molecule has 0 aliphatic heterocycles. The van der Waals surface area contributed by atoms with Crippen LogP contribution in [0.15, 0.2) is 91.0 Å². The molecular formula is C39H44N2O2. The minimum absolute atomic E-state index is 0.140. The summed E-state index contributed by atoms with van der Waals surface area (Å²) in [6.45, 7) is 13.3. The fraction of sp³-hybridized carbons (Fsp3) is 0.308. The van der Waals surface area contributed by atoms with Gasteiger partial charge in [-0.05, 0) is 85.2 Å². The molecule has 2 N–H and O–H groups in total. The molecule has 5 aromatic rings. The number of aromatic hydroxyl groups is 1. The number of hydrogen-bond acceptors (Lipinski definition) is 2. The van der Waals surface area contributed by atoms with Crippen LogP contribution in [-0.4, -0.2) is 23.1 Å². The molecule has 4 heteroatoms. The summed E-state index contributed by atoms with van der Waals surface area (Å²) in [5, 5.41) is 19.0. The molecule has 5 aromatic carbocycles. The van der Waals surface area contributed by atoms with Gasteiger partial charge in [-0.3, -0.25) is 0 Å². The molecule has 0 aliphatic carbocycles. The van der Waals surface area contributed by atoms with Crippen LogP contribution in [-0.2, 0) is 30.2 Å². The van der Waals surface area contributed by atoms with E-state index in [2.05, 4.69) is 120 Å². The van der Waals surface area contributed by atoms with Crippen molar-refractivity contribution in [1.29, 1.82) is 0 Å². The van der Waals surface area contributed by atoms with Crippen molar-refractivity contribution in [2.45, 2.75) is 71.8 Å². The highest BCUT2D eigenvalue weighted by atomic mass is 16.3. The highest BCUT2D eigenvalue weighted by Gasteiger charge is 2.26. The standard InChI is InChI=1S/C39H44N2O2/c1-38(2,3)33-22-26(23-34(36(33)42)39(4,5)6)20-21-27-14-10-13-19-35(27)40-37(43)41(7)25-32-30-17-11-8-15-28(30)24-29-16-9-12-18-31(29)32/h8-19,22-24,42H,20-21,25H2,1-7H3,(H,40,43). The molecule has 43 heavy (non-hydrogen) atoms. The lowest BCUT2D eigenvalue weighted by atomic mass is 9.78. The average molecular weight is 573 g/mol. The molecule has 4 nitrogen and oxygen atoms in total. The lowest BCUT2D eigenvalue weighted by Crippen LogP contribution is -2.31. The van der Waals surface area contributed by atoms with Gasteiger partial charge in [-0.15, -0.1) is 0 Å². The van der Waals surface area contributed by atoms with E-state index < -0.39 is 0 Å². The van der Waals surface area contributed by atoms with Crippen molar-refractivity contribution in [2.75, 3.05) is 12.4 Å². The minimum Gasteiger partial charge on any atom is -0.507 e. The second kappa shape index (κ2) is 11.8. The van der Waals surface area contributed by atoms with Crippen molar-refractivity contribution in [2.24, 2.45) is 0 Å². The third-order valence-corrected chi connectivity index (χ3v) is 8.35. The first-order valence-electron chi connectivity index (χ1n) is 15.2. The topological polar surface area (TPSA) is 52.6 Å². The smallest absolute Gasteiger partial charge is 0.321 e. The summed E-state index contributed by atoms with van der Waals surface area (Å²) in [5.41, 5.74) is 5.84. The summed E-state index contributed by atoms with van der Waals surface area (Å²) in [6.07, 6.45) is 1.57. The number of rotatable bonds is 6. The van der Waals surface area contributed by atoms with Gasteiger partial charge < -0.3 is 15.3 Å². The number of amides is 2. The van der Waals surface area contributed by atoms with Crippen LogP contribution < -0.4 is 5.32 Å². The molecule has 222 valence electrons. The maximum absolute atomic E-state index is 13.5. The summed E-state index contributed by atoms with van der Waals surface area (Å²) >= 11 is 0. The van der Waals surface area contributed by atoms with E-state index in [1.165, 1.54) is 27.1 Å². The van der Waals surface area contributed by atoms with Gasteiger partial charge in [0.05, 0.1) is 0 Å². The number of fused-ring (bicyclic) bond motifs is 2. The van der Waals surface area contributed by atoms with Crippen LogP contribution in [0.5, 0.6) is 5.75 Å². The van der Waals surface area contributed by atoms with E-state index in [0.717, 1.165) is 40.8 Å².